The molecule has 0 aliphatic heterocycles. The molecule has 0 radical (unpaired) electrons. The number of hydrogen-bond acceptors (Lipinski definition) is 5. The van der Waals surface area contributed by atoms with Gasteiger partial charge in [-0.15, -0.1) is 0 Å². The summed E-state index contributed by atoms with van der Waals surface area (Å²) < 4.78 is 31.0. The van der Waals surface area contributed by atoms with Crippen LogP contribution in [0.15, 0.2) is 53.3 Å². The van der Waals surface area contributed by atoms with Gasteiger partial charge in [-0.2, -0.15) is 0 Å². The van der Waals surface area contributed by atoms with E-state index in [1.165, 1.54) is 0 Å². The van der Waals surface area contributed by atoms with Gasteiger partial charge >= 0.3 is 0 Å². The first kappa shape index (κ1) is 25.3. The molecule has 3 aromatic rings. The molecule has 0 amide bonds. The van der Waals surface area contributed by atoms with Gasteiger partial charge < -0.3 is 14.8 Å². The molecule has 0 fully saturated rings. The Bertz CT molecular complexity index is 1370. The lowest BCUT2D eigenvalue weighted by Crippen LogP contribution is -2.15. The molecule has 0 bridgehead atoms. The highest BCUT2D eigenvalue weighted by molar-refractivity contribution is 7.92. The fraction of sp³-hybridized carbons (Fsp3) is 0.269. The third-order valence-corrected chi connectivity index (χ3v) is 5.86. The fourth-order valence-corrected chi connectivity index (χ4v) is 4.18. The number of rotatable bonds is 7. The third kappa shape index (κ3) is 6.15. The molecular formula is C26H30N2O5S. The maximum Gasteiger partial charge on any atom is 0.256 e. The van der Waals surface area contributed by atoms with E-state index in [1.807, 2.05) is 36.4 Å². The SMILES string of the molecule is COc1c(/C=C/c2ccc(NS(C)(=O)=O)cc2)cc(-c2ccc(CO)[nH]c2=O)cc1C(C)(C)C. The number of nitrogens with one attached hydrogen (secondary N) is 2. The molecule has 8 heteroatoms. The molecule has 0 saturated heterocycles. The molecule has 3 N–H and O–H groups in total. The van der Waals surface area contributed by atoms with Crippen LogP contribution in [0.3, 0.4) is 0 Å². The van der Waals surface area contributed by atoms with Gasteiger partial charge in [-0.1, -0.05) is 45.1 Å². The van der Waals surface area contributed by atoms with Crippen LogP contribution in [0.25, 0.3) is 23.3 Å². The van der Waals surface area contributed by atoms with Gasteiger partial charge in [-0.25, -0.2) is 8.42 Å². The summed E-state index contributed by atoms with van der Waals surface area (Å²) >= 11 is 0. The monoisotopic (exact) mass is 482 g/mol. The predicted molar refractivity (Wildman–Crippen MR) is 138 cm³/mol. The second-order valence-corrected chi connectivity index (χ2v) is 10.9. The van der Waals surface area contributed by atoms with Gasteiger partial charge in [0.25, 0.3) is 5.56 Å². The average Bonchev–Trinajstić information content (AvgIpc) is 2.76. The van der Waals surface area contributed by atoms with Crippen molar-refractivity contribution in [2.75, 3.05) is 18.1 Å². The molecule has 180 valence electrons. The third-order valence-electron chi connectivity index (χ3n) is 5.25. The Kier molecular flexibility index (Phi) is 7.33. The number of aromatic amines is 1. The largest absolute Gasteiger partial charge is 0.496 e. The topological polar surface area (TPSA) is 108 Å². The number of H-pyrrole nitrogens is 1. The maximum atomic E-state index is 12.7. The van der Waals surface area contributed by atoms with Crippen LogP contribution in [-0.4, -0.2) is 31.9 Å². The normalized spacial score (nSPS) is 12.2. The minimum atomic E-state index is -3.34. The first-order chi connectivity index (χ1) is 15.9. The number of ether oxygens (including phenoxy) is 1. The number of pyridine rings is 1. The highest BCUT2D eigenvalue weighted by atomic mass is 32.2. The summed E-state index contributed by atoms with van der Waals surface area (Å²) in [4.78, 5) is 15.4. The average molecular weight is 483 g/mol. The summed E-state index contributed by atoms with van der Waals surface area (Å²) in [5.74, 6) is 0.714. The molecule has 0 unspecified atom stereocenters. The van der Waals surface area contributed by atoms with Crippen molar-refractivity contribution in [3.05, 3.63) is 81.3 Å². The first-order valence-electron chi connectivity index (χ1n) is 10.7. The van der Waals surface area contributed by atoms with E-state index in [0.717, 1.165) is 28.5 Å². The van der Waals surface area contributed by atoms with E-state index in [2.05, 4.69) is 30.5 Å². The predicted octanol–water partition coefficient (Wildman–Crippen LogP) is 4.38. The number of sulfonamides is 1. The molecule has 2 aromatic carbocycles. The highest BCUT2D eigenvalue weighted by Gasteiger charge is 2.22. The summed E-state index contributed by atoms with van der Waals surface area (Å²) in [5.41, 5.74) is 4.27. The molecule has 0 saturated carbocycles. The molecule has 3 rings (SSSR count). The van der Waals surface area contributed by atoms with Crippen molar-refractivity contribution in [2.24, 2.45) is 0 Å². The summed E-state index contributed by atoms with van der Waals surface area (Å²) in [7, 11) is -1.72. The van der Waals surface area contributed by atoms with E-state index in [1.54, 1.807) is 31.4 Å². The second-order valence-electron chi connectivity index (χ2n) is 9.11. The van der Waals surface area contributed by atoms with Crippen molar-refractivity contribution in [1.82, 2.24) is 4.98 Å². The van der Waals surface area contributed by atoms with Crippen LogP contribution in [-0.2, 0) is 22.0 Å². The van der Waals surface area contributed by atoms with Gasteiger partial charge in [0.1, 0.15) is 5.75 Å². The van der Waals surface area contributed by atoms with Crippen LogP contribution >= 0.6 is 0 Å². The fourth-order valence-electron chi connectivity index (χ4n) is 3.61. The molecule has 0 aliphatic rings. The van der Waals surface area contributed by atoms with Gasteiger partial charge in [0.05, 0.1) is 20.0 Å². The summed E-state index contributed by atoms with van der Waals surface area (Å²) in [5, 5.41) is 9.31. The van der Waals surface area contributed by atoms with Crippen LogP contribution in [0.4, 0.5) is 5.69 Å². The van der Waals surface area contributed by atoms with Crippen LogP contribution < -0.4 is 15.0 Å². The first-order valence-corrected chi connectivity index (χ1v) is 12.6. The lowest BCUT2D eigenvalue weighted by atomic mass is 9.83. The van der Waals surface area contributed by atoms with Gasteiger partial charge in [0.15, 0.2) is 0 Å². The van der Waals surface area contributed by atoms with Crippen LogP contribution in [0.2, 0.25) is 0 Å². The second kappa shape index (κ2) is 9.87. The summed E-state index contributed by atoms with van der Waals surface area (Å²) in [6.45, 7) is 6.00. The maximum absolute atomic E-state index is 12.7. The molecule has 1 heterocycles. The number of hydrogen-bond donors (Lipinski definition) is 3. The number of benzene rings is 2. The molecule has 0 aliphatic carbocycles. The van der Waals surface area contributed by atoms with Crippen molar-refractivity contribution in [2.45, 2.75) is 32.8 Å². The van der Waals surface area contributed by atoms with Crippen molar-refractivity contribution < 1.29 is 18.3 Å². The molecule has 0 atom stereocenters. The molecular weight excluding hydrogens is 452 g/mol. The van der Waals surface area contributed by atoms with Crippen LogP contribution in [0, 0.1) is 0 Å². The summed E-state index contributed by atoms with van der Waals surface area (Å²) in [6, 6.07) is 14.3. The number of aliphatic hydroxyl groups excluding tert-OH is 1. The van der Waals surface area contributed by atoms with E-state index >= 15 is 0 Å². The Hall–Kier alpha value is -3.36. The number of aliphatic hydroxyl groups is 1. The van der Waals surface area contributed by atoms with Gasteiger partial charge in [-0.05, 0) is 52.9 Å². The zero-order valence-electron chi connectivity index (χ0n) is 20.0. The Morgan fingerprint density at radius 3 is 2.26 bits per heavy atom. The molecule has 0 spiro atoms. The van der Waals surface area contributed by atoms with Crippen molar-refractivity contribution in [3.8, 4) is 16.9 Å². The van der Waals surface area contributed by atoms with E-state index in [9.17, 15) is 18.3 Å². The number of methoxy groups -OCH3 is 1. The van der Waals surface area contributed by atoms with Gasteiger partial charge in [-0.3, -0.25) is 9.52 Å². The lowest BCUT2D eigenvalue weighted by molar-refractivity contribution is 0.276. The van der Waals surface area contributed by atoms with E-state index in [-0.39, 0.29) is 17.6 Å². The summed E-state index contributed by atoms with van der Waals surface area (Å²) in [6.07, 6.45) is 4.92. The Morgan fingerprint density at radius 2 is 1.74 bits per heavy atom. The van der Waals surface area contributed by atoms with E-state index in [4.69, 9.17) is 4.74 Å². The molecule has 34 heavy (non-hydrogen) atoms. The van der Waals surface area contributed by atoms with Gasteiger partial charge in [0.2, 0.25) is 10.0 Å². The number of aromatic nitrogens is 1. The highest BCUT2D eigenvalue weighted by Crippen LogP contribution is 2.38. The number of anilines is 1. The minimum absolute atomic E-state index is 0.238. The van der Waals surface area contributed by atoms with Crippen molar-refractivity contribution in [3.63, 3.8) is 0 Å². The van der Waals surface area contributed by atoms with Gasteiger partial charge in [0, 0.05) is 28.1 Å². The Morgan fingerprint density at radius 1 is 1.06 bits per heavy atom. The standard InChI is InChI=1S/C26H30N2O5S/c1-26(2,3)23-15-19(22-13-12-21(16-29)27-25(22)30)14-18(24(23)33-4)9-6-17-7-10-20(11-8-17)28-34(5,31)32/h6-15,28-29H,16H2,1-5H3,(H,27,30)/b9-6+. The van der Waals surface area contributed by atoms with E-state index < -0.39 is 10.0 Å². The molecule has 1 aromatic heterocycles. The van der Waals surface area contributed by atoms with Crippen LogP contribution in [0.1, 0.15) is 43.2 Å². The minimum Gasteiger partial charge on any atom is -0.496 e. The van der Waals surface area contributed by atoms with Crippen LogP contribution in [0.5, 0.6) is 5.75 Å². The van der Waals surface area contributed by atoms with Crippen molar-refractivity contribution >= 4 is 27.9 Å². The zero-order chi connectivity index (χ0) is 25.1. The van der Waals surface area contributed by atoms with E-state index in [0.29, 0.717) is 22.7 Å². The quantitative estimate of drug-likeness (QED) is 0.433. The Labute approximate surface area is 200 Å². The smallest absolute Gasteiger partial charge is 0.256 e. The zero-order valence-corrected chi connectivity index (χ0v) is 20.8. The van der Waals surface area contributed by atoms with Crippen molar-refractivity contribution in [1.29, 1.82) is 0 Å². The lowest BCUT2D eigenvalue weighted by Gasteiger charge is -2.24. The molecule has 7 nitrogen and oxygen atoms in total. The Balaban J connectivity index is 2.09.